The molecule has 0 aliphatic carbocycles. The Kier molecular flexibility index (Phi) is 5.94. The minimum absolute atomic E-state index is 0.0702. The molecule has 2 amide bonds. The molecule has 3 aromatic rings. The largest absolute Gasteiger partial charge is 0.337 e. The van der Waals surface area contributed by atoms with Crippen molar-refractivity contribution in [2.75, 3.05) is 18.4 Å². The van der Waals surface area contributed by atoms with E-state index in [9.17, 15) is 9.59 Å². The fourth-order valence-electron chi connectivity index (χ4n) is 3.60. The van der Waals surface area contributed by atoms with Gasteiger partial charge >= 0.3 is 0 Å². The number of rotatable bonds is 4. The van der Waals surface area contributed by atoms with Crippen LogP contribution in [-0.4, -0.2) is 45.0 Å². The minimum Gasteiger partial charge on any atom is -0.337 e. The van der Waals surface area contributed by atoms with E-state index in [0.29, 0.717) is 24.5 Å². The molecule has 1 fully saturated rings. The lowest BCUT2D eigenvalue weighted by molar-refractivity contribution is -0.121. The second-order valence-corrected chi connectivity index (χ2v) is 8.32. The topological polar surface area (TPSA) is 91.0 Å². The van der Waals surface area contributed by atoms with Crippen molar-refractivity contribution in [2.45, 2.75) is 19.8 Å². The van der Waals surface area contributed by atoms with Crippen LogP contribution in [0, 0.1) is 12.8 Å². The SMILES string of the molecule is Cc1ccc(NC(=O)[C@H]2CCCN(C(=O)c3cc(-c4ccncc4)n[nH]3)C2)c(Br)c1. The van der Waals surface area contributed by atoms with Gasteiger partial charge in [-0.3, -0.25) is 19.7 Å². The summed E-state index contributed by atoms with van der Waals surface area (Å²) in [5.74, 6) is -0.463. The Morgan fingerprint density at radius 1 is 1.20 bits per heavy atom. The highest BCUT2D eigenvalue weighted by Crippen LogP contribution is 2.26. The van der Waals surface area contributed by atoms with Crippen LogP contribution in [0.1, 0.15) is 28.9 Å². The van der Waals surface area contributed by atoms with Crippen LogP contribution in [0.25, 0.3) is 11.3 Å². The van der Waals surface area contributed by atoms with E-state index in [4.69, 9.17) is 0 Å². The molecule has 1 aromatic carbocycles. The molecule has 0 radical (unpaired) electrons. The van der Waals surface area contributed by atoms with E-state index in [1.165, 1.54) is 0 Å². The van der Waals surface area contributed by atoms with Gasteiger partial charge in [-0.15, -0.1) is 0 Å². The fraction of sp³-hybridized carbons (Fsp3) is 0.273. The predicted molar refractivity (Wildman–Crippen MR) is 118 cm³/mol. The third-order valence-electron chi connectivity index (χ3n) is 5.25. The van der Waals surface area contributed by atoms with E-state index in [1.807, 2.05) is 37.3 Å². The summed E-state index contributed by atoms with van der Waals surface area (Å²) in [6, 6.07) is 11.2. The van der Waals surface area contributed by atoms with Gasteiger partial charge in [0.05, 0.1) is 17.3 Å². The van der Waals surface area contributed by atoms with E-state index < -0.39 is 0 Å². The summed E-state index contributed by atoms with van der Waals surface area (Å²) in [7, 11) is 0. The number of aryl methyl sites for hydroxylation is 1. The highest BCUT2D eigenvalue weighted by Gasteiger charge is 2.30. The Balaban J connectivity index is 1.43. The van der Waals surface area contributed by atoms with Gasteiger partial charge in [-0.2, -0.15) is 5.10 Å². The minimum atomic E-state index is -0.251. The molecule has 0 unspecified atom stereocenters. The molecule has 1 atom stereocenters. The first-order valence-electron chi connectivity index (χ1n) is 9.83. The summed E-state index contributed by atoms with van der Waals surface area (Å²) in [5.41, 5.74) is 3.85. The Hall–Kier alpha value is -3.00. The number of hydrogen-bond acceptors (Lipinski definition) is 4. The molecular weight excluding hydrogens is 446 g/mol. The number of amides is 2. The van der Waals surface area contributed by atoms with Crippen LogP contribution in [0.2, 0.25) is 0 Å². The lowest BCUT2D eigenvalue weighted by Crippen LogP contribution is -2.43. The van der Waals surface area contributed by atoms with Gasteiger partial charge in [0.25, 0.3) is 5.91 Å². The lowest BCUT2D eigenvalue weighted by Gasteiger charge is -2.31. The summed E-state index contributed by atoms with van der Waals surface area (Å²) >= 11 is 3.49. The third-order valence-corrected chi connectivity index (χ3v) is 5.90. The van der Waals surface area contributed by atoms with Crippen LogP contribution in [0.5, 0.6) is 0 Å². The Morgan fingerprint density at radius 3 is 2.77 bits per heavy atom. The summed E-state index contributed by atoms with van der Waals surface area (Å²) in [4.78, 5) is 31.5. The summed E-state index contributed by atoms with van der Waals surface area (Å²) in [6.07, 6.45) is 4.91. The number of nitrogens with zero attached hydrogens (tertiary/aromatic N) is 3. The van der Waals surface area contributed by atoms with E-state index in [1.54, 1.807) is 23.4 Å². The van der Waals surface area contributed by atoms with Gasteiger partial charge in [0.15, 0.2) is 0 Å². The smallest absolute Gasteiger partial charge is 0.271 e. The van der Waals surface area contributed by atoms with E-state index >= 15 is 0 Å². The first-order chi connectivity index (χ1) is 14.5. The van der Waals surface area contributed by atoms with Crippen molar-refractivity contribution in [1.82, 2.24) is 20.1 Å². The molecule has 0 saturated carbocycles. The number of carbonyl (C=O) groups excluding carboxylic acids is 2. The molecule has 1 aliphatic rings. The van der Waals surface area contributed by atoms with E-state index in [2.05, 4.69) is 36.4 Å². The van der Waals surface area contributed by atoms with Crippen molar-refractivity contribution < 1.29 is 9.59 Å². The van der Waals surface area contributed by atoms with Crippen molar-refractivity contribution >= 4 is 33.4 Å². The second-order valence-electron chi connectivity index (χ2n) is 7.47. The molecule has 3 heterocycles. The lowest BCUT2D eigenvalue weighted by atomic mass is 9.96. The molecule has 2 aromatic heterocycles. The first-order valence-corrected chi connectivity index (χ1v) is 10.6. The number of benzene rings is 1. The van der Waals surface area contributed by atoms with Crippen molar-refractivity contribution in [2.24, 2.45) is 5.92 Å². The number of halogens is 1. The summed E-state index contributed by atoms with van der Waals surface area (Å²) in [5, 5.41) is 10.1. The number of piperidine rings is 1. The zero-order chi connectivity index (χ0) is 21.1. The fourth-order valence-corrected chi connectivity index (χ4v) is 4.20. The van der Waals surface area contributed by atoms with Gasteiger partial charge in [-0.25, -0.2) is 0 Å². The van der Waals surface area contributed by atoms with Crippen molar-refractivity contribution in [1.29, 1.82) is 0 Å². The van der Waals surface area contributed by atoms with Crippen LogP contribution in [0.15, 0.2) is 53.3 Å². The Bertz CT molecular complexity index is 1070. The van der Waals surface area contributed by atoms with Crippen LogP contribution >= 0.6 is 15.9 Å². The molecule has 1 aliphatic heterocycles. The second kappa shape index (κ2) is 8.79. The first kappa shape index (κ1) is 20.3. The molecule has 8 heteroatoms. The quantitative estimate of drug-likeness (QED) is 0.605. The average molecular weight is 468 g/mol. The van der Waals surface area contributed by atoms with Crippen molar-refractivity contribution in [3.05, 3.63) is 64.5 Å². The zero-order valence-corrected chi connectivity index (χ0v) is 18.1. The molecule has 7 nitrogen and oxygen atoms in total. The maximum Gasteiger partial charge on any atom is 0.271 e. The number of pyridine rings is 1. The molecular formula is C22H22BrN5O2. The monoisotopic (exact) mass is 467 g/mol. The van der Waals surface area contributed by atoms with Gasteiger partial charge in [0.1, 0.15) is 5.69 Å². The zero-order valence-electron chi connectivity index (χ0n) is 16.6. The van der Waals surface area contributed by atoms with Crippen LogP contribution in [0.3, 0.4) is 0 Å². The highest BCUT2D eigenvalue weighted by molar-refractivity contribution is 9.10. The van der Waals surface area contributed by atoms with Crippen molar-refractivity contribution in [3.8, 4) is 11.3 Å². The van der Waals surface area contributed by atoms with Crippen LogP contribution in [-0.2, 0) is 4.79 Å². The maximum atomic E-state index is 13.0. The number of likely N-dealkylation sites (tertiary alicyclic amines) is 1. The number of aromatic nitrogens is 3. The van der Waals surface area contributed by atoms with Gasteiger partial charge in [-0.1, -0.05) is 6.07 Å². The molecule has 2 N–H and O–H groups in total. The van der Waals surface area contributed by atoms with Gasteiger partial charge in [0, 0.05) is 35.5 Å². The number of nitrogens with one attached hydrogen (secondary N) is 2. The molecule has 0 bridgehead atoms. The Morgan fingerprint density at radius 2 is 2.00 bits per heavy atom. The van der Waals surface area contributed by atoms with E-state index in [-0.39, 0.29) is 17.7 Å². The standard InChI is InChI=1S/C22H22BrN5O2/c1-14-4-5-18(17(23)11-14)25-21(29)16-3-2-10-28(13-16)22(30)20-12-19(26-27-20)15-6-8-24-9-7-15/h4-9,11-12,16H,2-3,10,13H2,1H3,(H,25,29)(H,26,27)/t16-/m0/s1. The number of anilines is 1. The van der Waals surface area contributed by atoms with Crippen LogP contribution < -0.4 is 5.32 Å². The normalized spacial score (nSPS) is 16.3. The maximum absolute atomic E-state index is 13.0. The Labute approximate surface area is 183 Å². The highest BCUT2D eigenvalue weighted by atomic mass is 79.9. The number of H-pyrrole nitrogens is 1. The molecule has 1 saturated heterocycles. The average Bonchev–Trinajstić information content (AvgIpc) is 3.26. The summed E-state index contributed by atoms with van der Waals surface area (Å²) in [6.45, 7) is 3.01. The van der Waals surface area contributed by atoms with Gasteiger partial charge < -0.3 is 10.2 Å². The molecule has 30 heavy (non-hydrogen) atoms. The van der Waals surface area contributed by atoms with Crippen LogP contribution in [0.4, 0.5) is 5.69 Å². The third kappa shape index (κ3) is 4.43. The van der Waals surface area contributed by atoms with Crippen molar-refractivity contribution in [3.63, 3.8) is 0 Å². The number of aromatic amines is 1. The molecule has 154 valence electrons. The van der Waals surface area contributed by atoms with E-state index in [0.717, 1.165) is 34.1 Å². The number of carbonyl (C=O) groups is 2. The van der Waals surface area contributed by atoms with Gasteiger partial charge in [0.2, 0.25) is 5.91 Å². The van der Waals surface area contributed by atoms with Gasteiger partial charge in [-0.05, 0) is 71.6 Å². The number of hydrogen-bond donors (Lipinski definition) is 2. The summed E-state index contributed by atoms with van der Waals surface area (Å²) < 4.78 is 0.848. The molecule has 0 spiro atoms. The molecule has 4 rings (SSSR count). The predicted octanol–water partition coefficient (Wildman–Crippen LogP) is 4.03.